The Bertz CT molecular complexity index is 422. The van der Waals surface area contributed by atoms with E-state index < -0.39 is 5.60 Å². The van der Waals surface area contributed by atoms with Gasteiger partial charge in [0.25, 0.3) is 0 Å². The third kappa shape index (κ3) is 1.31. The van der Waals surface area contributed by atoms with Gasteiger partial charge in [-0.3, -0.25) is 4.79 Å². The highest BCUT2D eigenvalue weighted by molar-refractivity contribution is 9.09. The zero-order valence-electron chi connectivity index (χ0n) is 9.24. The Morgan fingerprint density at radius 1 is 1.56 bits per heavy atom. The maximum absolute atomic E-state index is 11.5. The minimum atomic E-state index is -0.591. The van der Waals surface area contributed by atoms with Crippen LogP contribution in [0.1, 0.15) is 26.2 Å². The van der Waals surface area contributed by atoms with Crippen LogP contribution in [0.25, 0.3) is 0 Å². The van der Waals surface area contributed by atoms with Crippen LogP contribution in [0.2, 0.25) is 0 Å². The number of alkyl halides is 1. The van der Waals surface area contributed by atoms with Gasteiger partial charge in [-0.2, -0.15) is 0 Å². The number of hydrogen-bond acceptors (Lipinski definition) is 2. The molecule has 0 aromatic heterocycles. The fourth-order valence-corrected chi connectivity index (χ4v) is 4.70. The minimum Gasteiger partial charge on any atom is -0.390 e. The maximum atomic E-state index is 11.5. The first-order valence-corrected chi connectivity index (χ1v) is 6.66. The second-order valence-corrected chi connectivity index (χ2v) is 6.74. The highest BCUT2D eigenvalue weighted by Crippen LogP contribution is 2.61. The topological polar surface area (TPSA) is 37.3 Å². The molecule has 0 aromatic carbocycles. The van der Waals surface area contributed by atoms with Gasteiger partial charge in [0.05, 0.1) is 5.60 Å². The summed E-state index contributed by atoms with van der Waals surface area (Å²) in [6.45, 7) is 1.93. The number of allylic oxidation sites excluding steroid dienone is 4. The third-order valence-corrected chi connectivity index (χ3v) is 5.30. The molecule has 0 heterocycles. The predicted molar refractivity (Wildman–Crippen MR) is 65.3 cm³/mol. The number of hydrogen-bond donors (Lipinski definition) is 1. The van der Waals surface area contributed by atoms with Gasteiger partial charge in [-0.25, -0.2) is 0 Å². The van der Waals surface area contributed by atoms with E-state index in [0.717, 1.165) is 19.3 Å². The van der Waals surface area contributed by atoms with Crippen LogP contribution in [0.5, 0.6) is 0 Å². The summed E-state index contributed by atoms with van der Waals surface area (Å²) in [7, 11) is 0. The molecule has 0 aliphatic heterocycles. The molecule has 0 saturated heterocycles. The molecule has 3 aliphatic rings. The molecule has 0 unspecified atom stereocenters. The molecule has 86 valence electrons. The molecule has 1 spiro atoms. The summed E-state index contributed by atoms with van der Waals surface area (Å²) in [6.07, 6.45) is 8.11. The van der Waals surface area contributed by atoms with E-state index >= 15 is 0 Å². The zero-order valence-corrected chi connectivity index (χ0v) is 10.8. The average molecular weight is 283 g/mol. The van der Waals surface area contributed by atoms with E-state index in [0.29, 0.717) is 5.92 Å². The van der Waals surface area contributed by atoms with Gasteiger partial charge >= 0.3 is 0 Å². The van der Waals surface area contributed by atoms with Crippen molar-refractivity contribution in [1.82, 2.24) is 0 Å². The second kappa shape index (κ2) is 3.08. The summed E-state index contributed by atoms with van der Waals surface area (Å²) in [5.41, 5.74) is 0.523. The van der Waals surface area contributed by atoms with Gasteiger partial charge in [-0.1, -0.05) is 22.0 Å². The van der Waals surface area contributed by atoms with Crippen molar-refractivity contribution in [3.05, 3.63) is 23.8 Å². The lowest BCUT2D eigenvalue weighted by atomic mass is 9.69. The van der Waals surface area contributed by atoms with E-state index in [-0.39, 0.29) is 16.0 Å². The highest BCUT2D eigenvalue weighted by atomic mass is 79.9. The summed E-state index contributed by atoms with van der Waals surface area (Å²) >= 11 is 3.66. The average Bonchev–Trinajstić information content (AvgIpc) is 2.39. The molecular weight excluding hydrogens is 268 g/mol. The molecular formula is C13H15BrO2. The Morgan fingerprint density at radius 3 is 3.06 bits per heavy atom. The van der Waals surface area contributed by atoms with E-state index in [1.165, 1.54) is 5.57 Å². The lowest BCUT2D eigenvalue weighted by Crippen LogP contribution is -2.32. The van der Waals surface area contributed by atoms with E-state index in [1.807, 2.05) is 13.0 Å². The third-order valence-electron chi connectivity index (χ3n) is 4.43. The molecule has 3 rings (SSSR count). The summed E-state index contributed by atoms with van der Waals surface area (Å²) in [4.78, 5) is 11.7. The number of aliphatic hydroxyl groups is 1. The summed E-state index contributed by atoms with van der Waals surface area (Å²) < 4.78 is 0. The number of fused-ring (bicyclic) bond motifs is 1. The summed E-state index contributed by atoms with van der Waals surface area (Å²) in [6, 6.07) is 0. The molecule has 3 aliphatic carbocycles. The smallest absolute Gasteiger partial charge is 0.178 e. The van der Waals surface area contributed by atoms with Crippen LogP contribution >= 0.6 is 15.9 Å². The van der Waals surface area contributed by atoms with Crippen molar-refractivity contribution in [1.29, 1.82) is 0 Å². The number of rotatable bonds is 0. The van der Waals surface area contributed by atoms with Crippen LogP contribution < -0.4 is 0 Å². The first-order chi connectivity index (χ1) is 7.43. The van der Waals surface area contributed by atoms with Crippen LogP contribution in [0, 0.1) is 11.3 Å². The van der Waals surface area contributed by atoms with Gasteiger partial charge in [0.15, 0.2) is 5.78 Å². The van der Waals surface area contributed by atoms with Gasteiger partial charge < -0.3 is 5.11 Å². The van der Waals surface area contributed by atoms with Gasteiger partial charge in [0.1, 0.15) is 0 Å². The lowest BCUT2D eigenvalue weighted by molar-refractivity contribution is -0.110. The van der Waals surface area contributed by atoms with Crippen LogP contribution in [0.3, 0.4) is 0 Å². The molecule has 0 aromatic rings. The molecule has 2 fully saturated rings. The van der Waals surface area contributed by atoms with E-state index in [1.54, 1.807) is 12.2 Å². The number of ketones is 1. The molecule has 2 saturated carbocycles. The highest BCUT2D eigenvalue weighted by Gasteiger charge is 2.57. The molecule has 4 atom stereocenters. The van der Waals surface area contributed by atoms with Gasteiger partial charge in [0, 0.05) is 10.2 Å². The van der Waals surface area contributed by atoms with Crippen LogP contribution in [-0.4, -0.2) is 21.3 Å². The number of halogens is 1. The number of carbonyl (C=O) groups is 1. The van der Waals surface area contributed by atoms with Crippen molar-refractivity contribution >= 4 is 21.7 Å². The normalized spacial score (nSPS) is 50.2. The van der Waals surface area contributed by atoms with Crippen molar-refractivity contribution in [2.75, 3.05) is 0 Å². The van der Waals surface area contributed by atoms with Crippen molar-refractivity contribution < 1.29 is 9.90 Å². The molecule has 0 amide bonds. The SMILES string of the molecule is C[C@]1(O)C[C@@]23C=CC(=O)C=C2[C@H](Br)C[C@H]1C3. The Labute approximate surface area is 104 Å². The van der Waals surface area contributed by atoms with Crippen LogP contribution in [0.15, 0.2) is 23.8 Å². The maximum Gasteiger partial charge on any atom is 0.178 e. The van der Waals surface area contributed by atoms with Crippen molar-refractivity contribution in [3.8, 4) is 0 Å². The first-order valence-electron chi connectivity index (χ1n) is 5.75. The van der Waals surface area contributed by atoms with Crippen LogP contribution in [0.4, 0.5) is 0 Å². The number of carbonyl (C=O) groups excluding carboxylic acids is 1. The molecule has 0 radical (unpaired) electrons. The zero-order chi connectivity index (χ0) is 11.6. The lowest BCUT2D eigenvalue weighted by Gasteiger charge is -2.37. The Kier molecular flexibility index (Phi) is 2.06. The Hall–Kier alpha value is -0.410. The summed E-state index contributed by atoms with van der Waals surface area (Å²) in [5.74, 6) is 0.418. The van der Waals surface area contributed by atoms with Gasteiger partial charge in [-0.05, 0) is 49.8 Å². The largest absolute Gasteiger partial charge is 0.390 e. The van der Waals surface area contributed by atoms with Gasteiger partial charge in [0.2, 0.25) is 0 Å². The van der Waals surface area contributed by atoms with Crippen molar-refractivity contribution in [3.63, 3.8) is 0 Å². The standard InChI is InChI=1S/C13H15BrO2/c1-12(16)7-13-3-2-9(15)5-10(13)11(14)4-8(12)6-13/h2-3,5,8,11,16H,4,6-7H2,1H3/t8-,11+,12-,13-/m0/s1. The van der Waals surface area contributed by atoms with E-state index in [9.17, 15) is 9.90 Å². The fraction of sp³-hybridized carbons (Fsp3) is 0.615. The predicted octanol–water partition coefficient (Wildman–Crippen LogP) is 2.37. The molecule has 16 heavy (non-hydrogen) atoms. The second-order valence-electron chi connectivity index (χ2n) is 5.63. The molecule has 3 heteroatoms. The molecule has 1 N–H and O–H groups in total. The molecule has 2 bridgehead atoms. The van der Waals surface area contributed by atoms with Crippen molar-refractivity contribution in [2.45, 2.75) is 36.6 Å². The first kappa shape index (κ1) is 10.7. The quantitative estimate of drug-likeness (QED) is 0.693. The van der Waals surface area contributed by atoms with Crippen LogP contribution in [-0.2, 0) is 4.79 Å². The monoisotopic (exact) mass is 282 g/mol. The minimum absolute atomic E-state index is 0.0610. The van der Waals surface area contributed by atoms with E-state index in [4.69, 9.17) is 0 Å². The fourth-order valence-electron chi connectivity index (χ4n) is 3.66. The van der Waals surface area contributed by atoms with Gasteiger partial charge in [-0.15, -0.1) is 0 Å². The molecule has 2 nitrogen and oxygen atoms in total. The summed E-state index contributed by atoms with van der Waals surface area (Å²) in [5, 5.41) is 10.4. The Morgan fingerprint density at radius 2 is 2.31 bits per heavy atom. The van der Waals surface area contributed by atoms with E-state index in [2.05, 4.69) is 15.9 Å². The van der Waals surface area contributed by atoms with Crippen molar-refractivity contribution in [2.24, 2.45) is 11.3 Å². The Balaban J connectivity index is 2.10.